The largest absolute Gasteiger partial charge is 0.497 e. The van der Waals surface area contributed by atoms with E-state index >= 15 is 0 Å². The molecule has 0 radical (unpaired) electrons. The number of fused-ring (bicyclic) bond motifs is 2. The first-order chi connectivity index (χ1) is 15.0. The number of benzene rings is 2. The molecule has 0 bridgehead atoms. The Morgan fingerprint density at radius 1 is 1.10 bits per heavy atom. The van der Waals surface area contributed by atoms with Gasteiger partial charge in [0, 0.05) is 5.56 Å². The molecule has 8 heteroatoms. The van der Waals surface area contributed by atoms with Crippen LogP contribution in [0.4, 0.5) is 10.8 Å². The molecule has 1 aromatic heterocycles. The quantitative estimate of drug-likeness (QED) is 0.496. The molecule has 3 aromatic rings. The van der Waals surface area contributed by atoms with Crippen molar-refractivity contribution in [2.75, 3.05) is 17.3 Å². The Hall–Kier alpha value is -3.52. The number of allylic oxidation sites excluding steroid dienone is 2. The normalized spacial score (nSPS) is 20.2. The standard InChI is InChI=1S/C23H19N3O4S/c1-30-15-9-10-18-19(12-15)31-23(24-18)25-20(27)13-5-4-6-14(11-13)26-21(28)16-7-2-3-8-17(16)22(26)29/h2-6,9-12,16-17H,7-8H2,1H3,(H,24,25,27). The fraction of sp³-hybridized carbons (Fsp3) is 0.217. The molecule has 1 aliphatic carbocycles. The SMILES string of the molecule is COc1ccc2nc(NC(=O)c3cccc(N4C(=O)C5CC=CCC5C4=O)c3)sc2c1. The topological polar surface area (TPSA) is 88.6 Å². The lowest BCUT2D eigenvalue weighted by Gasteiger charge is -2.15. The average Bonchev–Trinajstić information content (AvgIpc) is 3.31. The summed E-state index contributed by atoms with van der Waals surface area (Å²) in [6.07, 6.45) is 5.06. The van der Waals surface area contributed by atoms with Gasteiger partial charge in [0.15, 0.2) is 5.13 Å². The number of imide groups is 1. The van der Waals surface area contributed by atoms with E-state index in [2.05, 4.69) is 10.3 Å². The van der Waals surface area contributed by atoms with E-state index in [1.165, 1.54) is 16.2 Å². The third-order valence-corrected chi connectivity index (χ3v) is 6.62. The molecule has 156 valence electrons. The van der Waals surface area contributed by atoms with Gasteiger partial charge in [0.05, 0.1) is 34.8 Å². The number of thiazole rings is 1. The van der Waals surface area contributed by atoms with Crippen molar-refractivity contribution in [3.63, 3.8) is 0 Å². The first-order valence-corrected chi connectivity index (χ1v) is 10.8. The number of hydrogen-bond donors (Lipinski definition) is 1. The van der Waals surface area contributed by atoms with Gasteiger partial charge in [0.1, 0.15) is 5.75 Å². The van der Waals surface area contributed by atoms with Crippen molar-refractivity contribution in [2.45, 2.75) is 12.8 Å². The van der Waals surface area contributed by atoms with Crippen molar-refractivity contribution < 1.29 is 19.1 Å². The van der Waals surface area contributed by atoms with Crippen LogP contribution in [-0.2, 0) is 9.59 Å². The maximum atomic E-state index is 12.8. The van der Waals surface area contributed by atoms with Crippen molar-refractivity contribution in [1.82, 2.24) is 4.98 Å². The molecule has 31 heavy (non-hydrogen) atoms. The molecule has 7 nitrogen and oxygen atoms in total. The second-order valence-electron chi connectivity index (χ2n) is 7.52. The zero-order valence-corrected chi connectivity index (χ0v) is 17.5. The first kappa shape index (κ1) is 19.4. The van der Waals surface area contributed by atoms with Crippen LogP contribution in [0.15, 0.2) is 54.6 Å². The number of hydrogen-bond acceptors (Lipinski definition) is 6. The molecular formula is C23H19N3O4S. The molecule has 1 N–H and O–H groups in total. The molecular weight excluding hydrogens is 414 g/mol. The minimum Gasteiger partial charge on any atom is -0.497 e. The van der Waals surface area contributed by atoms with E-state index in [0.717, 1.165) is 16.0 Å². The number of carbonyl (C=O) groups excluding carboxylic acids is 3. The summed E-state index contributed by atoms with van der Waals surface area (Å²) in [5.41, 5.74) is 1.54. The number of nitrogens with one attached hydrogen (secondary N) is 1. The van der Waals surface area contributed by atoms with Gasteiger partial charge >= 0.3 is 0 Å². The summed E-state index contributed by atoms with van der Waals surface area (Å²) in [5, 5.41) is 3.27. The van der Waals surface area contributed by atoms with E-state index in [1.807, 2.05) is 30.4 Å². The lowest BCUT2D eigenvalue weighted by atomic mass is 9.85. The summed E-state index contributed by atoms with van der Waals surface area (Å²) in [6.45, 7) is 0. The maximum Gasteiger partial charge on any atom is 0.257 e. The molecule has 2 aliphatic rings. The number of nitrogens with zero attached hydrogens (tertiary/aromatic N) is 2. The number of methoxy groups -OCH3 is 1. The van der Waals surface area contributed by atoms with Crippen molar-refractivity contribution >= 4 is 50.1 Å². The van der Waals surface area contributed by atoms with Gasteiger partial charge in [-0.15, -0.1) is 0 Å². The highest BCUT2D eigenvalue weighted by molar-refractivity contribution is 7.22. The van der Waals surface area contributed by atoms with Crippen LogP contribution in [0.2, 0.25) is 0 Å². The monoisotopic (exact) mass is 433 g/mol. The van der Waals surface area contributed by atoms with Crippen LogP contribution in [0.1, 0.15) is 23.2 Å². The molecule has 1 fully saturated rings. The van der Waals surface area contributed by atoms with Crippen LogP contribution in [0.3, 0.4) is 0 Å². The summed E-state index contributed by atoms with van der Waals surface area (Å²) >= 11 is 1.34. The van der Waals surface area contributed by atoms with Gasteiger partial charge in [-0.2, -0.15) is 0 Å². The van der Waals surface area contributed by atoms with E-state index in [9.17, 15) is 14.4 Å². The molecule has 2 unspecified atom stereocenters. The van der Waals surface area contributed by atoms with Crippen LogP contribution < -0.4 is 15.0 Å². The molecule has 2 atom stereocenters. The Kier molecular flexibility index (Phi) is 4.78. The van der Waals surface area contributed by atoms with Crippen molar-refractivity contribution in [1.29, 1.82) is 0 Å². The van der Waals surface area contributed by atoms with Crippen LogP contribution in [0.5, 0.6) is 5.75 Å². The zero-order valence-electron chi connectivity index (χ0n) is 16.7. The van der Waals surface area contributed by atoms with Gasteiger partial charge in [-0.05, 0) is 49.2 Å². The van der Waals surface area contributed by atoms with Crippen molar-refractivity contribution in [3.05, 3.63) is 60.2 Å². The van der Waals surface area contributed by atoms with Gasteiger partial charge < -0.3 is 4.74 Å². The Balaban J connectivity index is 1.38. The van der Waals surface area contributed by atoms with Gasteiger partial charge in [-0.3, -0.25) is 24.6 Å². The minimum atomic E-state index is -0.356. The fourth-order valence-electron chi connectivity index (χ4n) is 4.10. The number of aromatic nitrogens is 1. The Morgan fingerprint density at radius 2 is 1.84 bits per heavy atom. The predicted molar refractivity (Wildman–Crippen MR) is 118 cm³/mol. The third-order valence-electron chi connectivity index (χ3n) is 5.69. The first-order valence-electron chi connectivity index (χ1n) is 9.94. The Bertz CT molecular complexity index is 1220. The van der Waals surface area contributed by atoms with E-state index in [1.54, 1.807) is 31.4 Å². The van der Waals surface area contributed by atoms with Gasteiger partial charge in [-0.1, -0.05) is 29.6 Å². The molecule has 5 rings (SSSR count). The number of anilines is 2. The lowest BCUT2D eigenvalue weighted by Crippen LogP contribution is -2.31. The molecule has 0 spiro atoms. The predicted octanol–water partition coefficient (Wildman–Crippen LogP) is 4.01. The maximum absolute atomic E-state index is 12.8. The summed E-state index contributed by atoms with van der Waals surface area (Å²) in [6, 6.07) is 12.1. The van der Waals surface area contributed by atoms with Crippen molar-refractivity contribution in [2.24, 2.45) is 11.8 Å². The van der Waals surface area contributed by atoms with E-state index in [0.29, 0.717) is 29.2 Å². The molecule has 1 aliphatic heterocycles. The summed E-state index contributed by atoms with van der Waals surface area (Å²) in [5.74, 6) is -0.651. The highest BCUT2D eigenvalue weighted by atomic mass is 32.1. The van der Waals surface area contributed by atoms with Crippen molar-refractivity contribution in [3.8, 4) is 5.75 Å². The number of ether oxygens (including phenoxy) is 1. The summed E-state index contributed by atoms with van der Waals surface area (Å²) in [4.78, 5) is 44.1. The second kappa shape index (κ2) is 7.63. The molecule has 3 amide bonds. The van der Waals surface area contributed by atoms with Gasteiger partial charge in [0.2, 0.25) is 11.8 Å². The smallest absolute Gasteiger partial charge is 0.257 e. The fourth-order valence-corrected chi connectivity index (χ4v) is 4.99. The Morgan fingerprint density at radius 3 is 2.55 bits per heavy atom. The van der Waals surface area contributed by atoms with Gasteiger partial charge in [-0.25, -0.2) is 4.98 Å². The average molecular weight is 433 g/mol. The Labute approximate surface area is 182 Å². The molecule has 0 saturated carbocycles. The second-order valence-corrected chi connectivity index (χ2v) is 8.56. The van der Waals surface area contributed by atoms with Crippen LogP contribution >= 0.6 is 11.3 Å². The van der Waals surface area contributed by atoms with Crippen LogP contribution in [0.25, 0.3) is 10.2 Å². The third kappa shape index (κ3) is 3.38. The van der Waals surface area contributed by atoms with E-state index < -0.39 is 0 Å². The number of rotatable bonds is 4. The van der Waals surface area contributed by atoms with E-state index in [4.69, 9.17) is 4.74 Å². The zero-order chi connectivity index (χ0) is 21.5. The highest BCUT2D eigenvalue weighted by Gasteiger charge is 2.47. The lowest BCUT2D eigenvalue weighted by molar-refractivity contribution is -0.122. The summed E-state index contributed by atoms with van der Waals surface area (Å²) < 4.78 is 6.12. The van der Waals surface area contributed by atoms with E-state index in [-0.39, 0.29) is 29.6 Å². The molecule has 1 saturated heterocycles. The van der Waals surface area contributed by atoms with Crippen LogP contribution in [-0.4, -0.2) is 29.8 Å². The van der Waals surface area contributed by atoms with Crippen LogP contribution in [0, 0.1) is 11.8 Å². The molecule has 2 aromatic carbocycles. The number of amides is 3. The highest BCUT2D eigenvalue weighted by Crippen LogP contribution is 2.38. The minimum absolute atomic E-state index is 0.197. The number of carbonyl (C=O) groups is 3. The summed E-state index contributed by atoms with van der Waals surface area (Å²) in [7, 11) is 1.60. The molecule has 2 heterocycles. The van der Waals surface area contributed by atoms with Gasteiger partial charge in [0.25, 0.3) is 5.91 Å².